The summed E-state index contributed by atoms with van der Waals surface area (Å²) in [5.74, 6) is -0.138. The van der Waals surface area contributed by atoms with Gasteiger partial charge in [-0.1, -0.05) is 36.4 Å². The number of hydrogen-bond acceptors (Lipinski definition) is 3. The van der Waals surface area contributed by atoms with Crippen LogP contribution in [0.15, 0.2) is 48.5 Å². The number of benzene rings is 2. The van der Waals surface area contributed by atoms with E-state index in [-0.39, 0.29) is 30.2 Å². The van der Waals surface area contributed by atoms with Crippen LogP contribution in [-0.2, 0) is 17.8 Å². The van der Waals surface area contributed by atoms with Crippen molar-refractivity contribution in [1.82, 2.24) is 4.90 Å². The van der Waals surface area contributed by atoms with Crippen LogP contribution in [-0.4, -0.2) is 35.1 Å². The minimum absolute atomic E-state index is 0.00455. The Kier molecular flexibility index (Phi) is 4.57. The molecule has 0 aromatic heterocycles. The third-order valence-corrected chi connectivity index (χ3v) is 3.89. The van der Waals surface area contributed by atoms with Gasteiger partial charge in [0.2, 0.25) is 5.91 Å². The summed E-state index contributed by atoms with van der Waals surface area (Å²) in [6, 6.07) is 13.6. The quantitative estimate of drug-likeness (QED) is 0.920. The van der Waals surface area contributed by atoms with Crippen molar-refractivity contribution in [3.8, 4) is 5.75 Å². The van der Waals surface area contributed by atoms with E-state index in [1.165, 1.54) is 6.07 Å². The fourth-order valence-electron chi connectivity index (χ4n) is 2.49. The van der Waals surface area contributed by atoms with Crippen LogP contribution in [0.5, 0.6) is 5.75 Å². The molecule has 0 atom stereocenters. The van der Waals surface area contributed by atoms with Crippen LogP contribution >= 0.6 is 0 Å². The molecule has 2 aromatic rings. The Balaban J connectivity index is 1.48. The van der Waals surface area contributed by atoms with Crippen LogP contribution < -0.4 is 4.74 Å². The first-order valence-corrected chi connectivity index (χ1v) is 7.53. The van der Waals surface area contributed by atoms with E-state index in [4.69, 9.17) is 9.84 Å². The van der Waals surface area contributed by atoms with Crippen molar-refractivity contribution in [3.63, 3.8) is 0 Å². The SMILES string of the molecule is O=C(Cc1ccc(CO)cc1)N1CC(Oc2ccccc2F)C1. The summed E-state index contributed by atoms with van der Waals surface area (Å²) in [5, 5.41) is 9.00. The number of rotatable bonds is 5. The number of nitrogens with zero attached hydrogens (tertiary/aromatic N) is 1. The lowest BCUT2D eigenvalue weighted by molar-refractivity contribution is -0.139. The third-order valence-electron chi connectivity index (χ3n) is 3.89. The summed E-state index contributed by atoms with van der Waals surface area (Å²) in [6.07, 6.45) is 0.158. The van der Waals surface area contributed by atoms with Crippen LogP contribution in [0.25, 0.3) is 0 Å². The Labute approximate surface area is 134 Å². The number of likely N-dealkylation sites (tertiary alicyclic amines) is 1. The molecule has 2 aromatic carbocycles. The van der Waals surface area contributed by atoms with Crippen LogP contribution in [0.1, 0.15) is 11.1 Å². The number of ether oxygens (including phenoxy) is 1. The van der Waals surface area contributed by atoms with Gasteiger partial charge in [0, 0.05) is 0 Å². The molecule has 1 heterocycles. The Morgan fingerprint density at radius 1 is 1.13 bits per heavy atom. The van der Waals surface area contributed by atoms with E-state index in [1.807, 2.05) is 24.3 Å². The number of aliphatic hydroxyl groups is 1. The zero-order valence-electron chi connectivity index (χ0n) is 12.6. The van der Waals surface area contributed by atoms with Gasteiger partial charge in [-0.05, 0) is 23.3 Å². The topological polar surface area (TPSA) is 49.8 Å². The molecule has 1 saturated heterocycles. The first kappa shape index (κ1) is 15.5. The maximum Gasteiger partial charge on any atom is 0.227 e. The van der Waals surface area contributed by atoms with E-state index in [9.17, 15) is 9.18 Å². The van der Waals surface area contributed by atoms with E-state index in [2.05, 4.69) is 0 Å². The maximum absolute atomic E-state index is 13.5. The molecule has 1 aliphatic rings. The number of aliphatic hydroxyl groups excluding tert-OH is 1. The van der Waals surface area contributed by atoms with Crippen molar-refractivity contribution in [3.05, 3.63) is 65.5 Å². The number of halogens is 1. The lowest BCUT2D eigenvalue weighted by Gasteiger charge is -2.39. The summed E-state index contributed by atoms with van der Waals surface area (Å²) < 4.78 is 19.0. The molecule has 0 radical (unpaired) electrons. The first-order chi connectivity index (χ1) is 11.2. The van der Waals surface area contributed by atoms with E-state index in [0.29, 0.717) is 19.5 Å². The predicted octanol–water partition coefficient (Wildman–Crippen LogP) is 2.15. The molecule has 1 N–H and O–H groups in total. The Bertz CT molecular complexity index is 681. The van der Waals surface area contributed by atoms with Gasteiger partial charge in [0.25, 0.3) is 0 Å². The summed E-state index contributed by atoms with van der Waals surface area (Å²) >= 11 is 0. The van der Waals surface area contributed by atoms with Gasteiger partial charge in [-0.25, -0.2) is 4.39 Å². The standard InChI is InChI=1S/C18H18FNO3/c19-16-3-1-2-4-17(16)23-15-10-20(11-15)18(22)9-13-5-7-14(12-21)8-6-13/h1-8,15,21H,9-12H2. The second kappa shape index (κ2) is 6.79. The number of para-hydroxylation sites is 1. The number of amides is 1. The van der Waals surface area contributed by atoms with Crippen molar-refractivity contribution < 1.29 is 19.0 Å². The number of carbonyl (C=O) groups is 1. The highest BCUT2D eigenvalue weighted by molar-refractivity contribution is 5.79. The molecular formula is C18H18FNO3. The molecule has 0 spiro atoms. The molecule has 120 valence electrons. The monoisotopic (exact) mass is 315 g/mol. The molecule has 0 aliphatic carbocycles. The fraction of sp³-hybridized carbons (Fsp3) is 0.278. The molecule has 23 heavy (non-hydrogen) atoms. The van der Waals surface area contributed by atoms with Crippen LogP contribution in [0, 0.1) is 5.82 Å². The maximum atomic E-state index is 13.5. The predicted molar refractivity (Wildman–Crippen MR) is 83.5 cm³/mol. The molecule has 0 unspecified atom stereocenters. The lowest BCUT2D eigenvalue weighted by atomic mass is 10.1. The van der Waals surface area contributed by atoms with E-state index in [1.54, 1.807) is 23.1 Å². The highest BCUT2D eigenvalue weighted by atomic mass is 19.1. The Morgan fingerprint density at radius 3 is 2.43 bits per heavy atom. The molecule has 5 heteroatoms. The zero-order chi connectivity index (χ0) is 16.2. The van der Waals surface area contributed by atoms with Crippen molar-refractivity contribution in [2.45, 2.75) is 19.1 Å². The highest BCUT2D eigenvalue weighted by Crippen LogP contribution is 2.21. The second-order valence-electron chi connectivity index (χ2n) is 5.62. The third kappa shape index (κ3) is 3.68. The van der Waals surface area contributed by atoms with Crippen molar-refractivity contribution in [2.75, 3.05) is 13.1 Å². The fourth-order valence-corrected chi connectivity index (χ4v) is 2.49. The highest BCUT2D eigenvalue weighted by Gasteiger charge is 2.32. The molecule has 0 bridgehead atoms. The van der Waals surface area contributed by atoms with Gasteiger partial charge < -0.3 is 14.7 Å². The minimum atomic E-state index is -0.388. The number of hydrogen-bond donors (Lipinski definition) is 1. The molecule has 1 amide bonds. The number of carbonyl (C=O) groups excluding carboxylic acids is 1. The Morgan fingerprint density at radius 2 is 1.78 bits per heavy atom. The van der Waals surface area contributed by atoms with Crippen molar-refractivity contribution >= 4 is 5.91 Å². The summed E-state index contributed by atoms with van der Waals surface area (Å²) in [7, 11) is 0. The molecule has 1 aliphatic heterocycles. The molecule has 3 rings (SSSR count). The summed E-state index contributed by atoms with van der Waals surface area (Å²) in [6.45, 7) is 0.944. The van der Waals surface area contributed by atoms with Gasteiger partial charge in [-0.15, -0.1) is 0 Å². The molecular weight excluding hydrogens is 297 g/mol. The largest absolute Gasteiger partial charge is 0.484 e. The zero-order valence-corrected chi connectivity index (χ0v) is 12.6. The molecule has 1 fully saturated rings. The van der Waals surface area contributed by atoms with Gasteiger partial charge >= 0.3 is 0 Å². The van der Waals surface area contributed by atoms with Gasteiger partial charge in [-0.3, -0.25) is 4.79 Å². The Hall–Kier alpha value is -2.40. The van der Waals surface area contributed by atoms with Crippen molar-refractivity contribution in [2.24, 2.45) is 0 Å². The molecule has 4 nitrogen and oxygen atoms in total. The summed E-state index contributed by atoms with van der Waals surface area (Å²) in [5.41, 5.74) is 1.73. The lowest BCUT2D eigenvalue weighted by Crippen LogP contribution is -2.56. The van der Waals surface area contributed by atoms with Crippen LogP contribution in [0.3, 0.4) is 0 Å². The van der Waals surface area contributed by atoms with E-state index < -0.39 is 0 Å². The average Bonchev–Trinajstić information content (AvgIpc) is 2.52. The van der Waals surface area contributed by atoms with E-state index >= 15 is 0 Å². The average molecular weight is 315 g/mol. The van der Waals surface area contributed by atoms with Gasteiger partial charge in [0.1, 0.15) is 6.10 Å². The van der Waals surface area contributed by atoms with Crippen LogP contribution in [0.4, 0.5) is 4.39 Å². The normalized spacial score (nSPS) is 14.4. The first-order valence-electron chi connectivity index (χ1n) is 7.53. The molecule has 0 saturated carbocycles. The second-order valence-corrected chi connectivity index (χ2v) is 5.62. The van der Waals surface area contributed by atoms with E-state index in [0.717, 1.165) is 11.1 Å². The van der Waals surface area contributed by atoms with Gasteiger partial charge in [0.05, 0.1) is 26.1 Å². The summed E-state index contributed by atoms with van der Waals surface area (Å²) in [4.78, 5) is 13.9. The minimum Gasteiger partial charge on any atom is -0.484 e. The smallest absolute Gasteiger partial charge is 0.227 e. The van der Waals surface area contributed by atoms with Gasteiger partial charge in [-0.2, -0.15) is 0 Å². The van der Waals surface area contributed by atoms with Crippen LogP contribution in [0.2, 0.25) is 0 Å². The van der Waals surface area contributed by atoms with Crippen molar-refractivity contribution in [1.29, 1.82) is 0 Å². The van der Waals surface area contributed by atoms with Gasteiger partial charge in [0.15, 0.2) is 11.6 Å².